The van der Waals surface area contributed by atoms with Crippen LogP contribution in [0.25, 0.3) is 0 Å². The molecule has 23 nitrogen and oxygen atoms in total. The molecule has 0 spiro atoms. The molecule has 7 N–H and O–H groups in total. The van der Waals surface area contributed by atoms with Crippen LogP contribution < -0.4 is 60.3 Å². The number of methoxy groups -OCH3 is 1. The highest BCUT2D eigenvalue weighted by molar-refractivity contribution is 6.38. The van der Waals surface area contributed by atoms with Crippen LogP contribution in [0.5, 0.6) is 34.5 Å². The second-order valence-electron chi connectivity index (χ2n) is 33.6. The van der Waals surface area contributed by atoms with E-state index < -0.39 is 102 Å². The summed E-state index contributed by atoms with van der Waals surface area (Å²) in [7, 11) is 1.19. The van der Waals surface area contributed by atoms with Crippen LogP contribution in [0.4, 0.5) is 22.0 Å². The fourth-order valence-corrected chi connectivity index (χ4v) is 16.4. The van der Waals surface area contributed by atoms with Crippen LogP contribution in [0.15, 0.2) is 255 Å². The Bertz CT molecular complexity index is 6600. The molecule has 0 bridgehead atoms. The molecule has 1 aliphatic carbocycles. The number of nitrogens with zero attached hydrogens (tertiary/aromatic N) is 1. The number of aryl methyl sites for hydroxylation is 1. The van der Waals surface area contributed by atoms with Gasteiger partial charge in [0.25, 0.3) is 35.4 Å². The number of aliphatic carboxylic acids is 1. The molecule has 0 saturated heterocycles. The van der Waals surface area contributed by atoms with E-state index in [1.807, 2.05) is 19.9 Å². The van der Waals surface area contributed by atoms with Crippen LogP contribution in [-0.2, 0) is 48.6 Å². The predicted octanol–water partition coefficient (Wildman–Crippen LogP) is 28.4. The van der Waals surface area contributed by atoms with Crippen molar-refractivity contribution in [1.82, 2.24) is 31.9 Å². The van der Waals surface area contributed by atoms with E-state index in [0.29, 0.717) is 84.9 Å². The molecule has 0 aliphatic heterocycles. The van der Waals surface area contributed by atoms with Crippen LogP contribution in [-0.4, -0.2) is 96.2 Å². The Morgan fingerprint density at radius 1 is 0.340 bits per heavy atom. The average molecular weight is 2300 g/mol. The van der Waals surface area contributed by atoms with Gasteiger partial charge in [0.1, 0.15) is 69.6 Å². The van der Waals surface area contributed by atoms with Crippen molar-refractivity contribution >= 4 is 187 Å². The Hall–Kier alpha value is -12.2. The van der Waals surface area contributed by atoms with Crippen molar-refractivity contribution in [2.24, 2.45) is 0 Å². The lowest BCUT2D eigenvalue weighted by Gasteiger charge is -2.22. The van der Waals surface area contributed by atoms with Crippen molar-refractivity contribution in [3.05, 3.63) is 383 Å². The average Bonchev–Trinajstić information content (AvgIpc) is 1.61. The first-order chi connectivity index (χ1) is 71.2. The third kappa shape index (κ3) is 39.9. The summed E-state index contributed by atoms with van der Waals surface area (Å²) in [5.74, 6) is -4.01. The summed E-state index contributed by atoms with van der Waals surface area (Å²) in [6.07, 6.45) is 0.984. The van der Waals surface area contributed by atoms with E-state index in [9.17, 15) is 70.7 Å². The second-order valence-corrected chi connectivity index (χ2v) is 38.6. The van der Waals surface area contributed by atoms with Crippen LogP contribution in [0.2, 0.25) is 60.3 Å². The van der Waals surface area contributed by atoms with Crippen molar-refractivity contribution in [3.63, 3.8) is 0 Å². The van der Waals surface area contributed by atoms with E-state index in [1.165, 1.54) is 137 Å². The van der Waals surface area contributed by atoms with Gasteiger partial charge in [-0.3, -0.25) is 28.8 Å². The van der Waals surface area contributed by atoms with Crippen molar-refractivity contribution in [3.8, 4) is 40.6 Å². The van der Waals surface area contributed by atoms with E-state index in [0.717, 1.165) is 67.2 Å². The van der Waals surface area contributed by atoms with Crippen molar-refractivity contribution < 1.29 is 98.6 Å². The maximum atomic E-state index is 13.2. The molecular formula is C110H104Cl12F5N7O16. The Labute approximate surface area is 925 Å². The molecule has 1 aliphatic rings. The maximum absolute atomic E-state index is 13.2. The summed E-state index contributed by atoms with van der Waals surface area (Å²) < 4.78 is 104. The highest BCUT2D eigenvalue weighted by Crippen LogP contribution is 2.46. The van der Waals surface area contributed by atoms with Gasteiger partial charge >= 0.3 is 11.9 Å². The van der Waals surface area contributed by atoms with Gasteiger partial charge in [-0.25, -0.2) is 31.5 Å². The van der Waals surface area contributed by atoms with Crippen molar-refractivity contribution in [2.45, 2.75) is 180 Å². The van der Waals surface area contributed by atoms with E-state index >= 15 is 0 Å². The Kier molecular flexibility index (Phi) is 49.8. The summed E-state index contributed by atoms with van der Waals surface area (Å²) >= 11 is 71.2. The quantitative estimate of drug-likeness (QED) is 0.0141. The molecule has 794 valence electrons. The van der Waals surface area contributed by atoms with Crippen LogP contribution >= 0.6 is 139 Å². The monoisotopic (exact) mass is 2290 g/mol. The van der Waals surface area contributed by atoms with Crippen LogP contribution in [0.1, 0.15) is 169 Å². The fourth-order valence-electron chi connectivity index (χ4n) is 13.6. The van der Waals surface area contributed by atoms with Crippen LogP contribution in [0, 0.1) is 47.3 Å². The third-order valence-corrected chi connectivity index (χ3v) is 25.2. The number of nitriles is 1. The van der Waals surface area contributed by atoms with Gasteiger partial charge in [0.05, 0.1) is 60.9 Å². The minimum atomic E-state index is -1.17. The largest absolute Gasteiger partial charge is 0.479 e. The summed E-state index contributed by atoms with van der Waals surface area (Å²) in [4.78, 5) is 97.9. The molecule has 12 aromatic rings. The van der Waals surface area contributed by atoms with E-state index in [1.54, 1.807) is 166 Å². The summed E-state index contributed by atoms with van der Waals surface area (Å²) in [5, 5.41) is 39.7. The van der Waals surface area contributed by atoms with Gasteiger partial charge in [0, 0.05) is 30.1 Å². The van der Waals surface area contributed by atoms with Gasteiger partial charge in [-0.15, -0.1) is 0 Å². The Balaban J connectivity index is 0.000000219. The first-order valence-electron chi connectivity index (χ1n) is 46.3. The van der Waals surface area contributed by atoms with Crippen molar-refractivity contribution in [1.29, 1.82) is 5.26 Å². The third-order valence-electron chi connectivity index (χ3n) is 22.0. The number of ether oxygens (including phenoxy) is 7. The number of hydrogen-bond acceptors (Lipinski definition) is 16. The molecule has 6 amide bonds. The molecular weight excluding hydrogens is 2200 g/mol. The number of carbonyl (C=O) groups is 8. The van der Waals surface area contributed by atoms with E-state index in [2.05, 4.69) is 38.8 Å². The number of carbonyl (C=O) groups excluding carboxylic acids is 7. The molecule has 1 saturated carbocycles. The lowest BCUT2D eigenvalue weighted by molar-refractivity contribution is -0.146. The SMILES string of the molecule is CC(Oc1ccc(Cl)cc1Cl)C(=O)NC(C#N)c1ccc(F)cc1.CC(Oc1ccc(Cl)cc1Cl)C(=O)NC1(c2ccc(F)cc2)CC1.CCCC(NC(=O)C(C)Oc1ccc(Cl)cc1Cl)c1ccc(F)cc1.CCCCC(NC(=O)C(C)Oc1ccc(Cl)cc1Cl)c1ccc(F)cc1.COC(=O)C(NC(=O)C(C)Oc1ccc(Cl)cc1Cl)c1ccc(F)cc1.Cc1ccc(C(NC(=O)C(C)Oc2ccc(Cl)cc2Cl)C(=O)O)cc1. The number of nitrogens with one attached hydrogen (secondary N) is 6. The number of esters is 1. The molecule has 1 fully saturated rings. The number of carboxylic acids is 1. The van der Waals surface area contributed by atoms with Gasteiger partial charge in [-0.05, 0) is 277 Å². The zero-order chi connectivity index (χ0) is 110. The molecule has 11 unspecified atom stereocenters. The van der Waals surface area contributed by atoms with Gasteiger partial charge in [0.15, 0.2) is 48.7 Å². The van der Waals surface area contributed by atoms with Gasteiger partial charge in [0.2, 0.25) is 0 Å². The highest BCUT2D eigenvalue weighted by atomic mass is 35.5. The number of hydrogen-bond donors (Lipinski definition) is 7. The fraction of sp³-hybridized carbons (Fsp3) is 0.264. The zero-order valence-electron chi connectivity index (χ0n) is 82.0. The molecule has 150 heavy (non-hydrogen) atoms. The number of halogens is 17. The van der Waals surface area contributed by atoms with Crippen LogP contribution in [0.3, 0.4) is 0 Å². The second kappa shape index (κ2) is 60.8. The minimum Gasteiger partial charge on any atom is -0.479 e. The number of amides is 6. The lowest BCUT2D eigenvalue weighted by atomic mass is 10.0. The standard InChI is InChI=1S/C20H22Cl2FNO2.C19H20Cl2FNO2.C18H16Cl2FNO4.C18H16Cl2FNO2.C18H17Cl2NO4.C17H13Cl2FN2O2/c1-3-4-5-18(14-6-9-16(23)10-7-14)24-20(25)13(2)26-19-11-8-15(21)12-17(19)22;1-3-4-17(13-5-8-15(22)9-6-13)23-19(24)12(2)25-18-10-7-14(20)11-16(18)21;1-10(26-15-8-5-12(19)9-14(15)20)17(23)22-16(18(24)25-2)11-3-6-13(21)7-4-11;1-11(24-16-7-4-13(19)10-15(16)20)17(23)22-18(8-9-18)12-2-5-14(21)6-3-12;1-10-3-5-12(6-4-10)16(18(23)24)21-17(22)11(2)25-15-8-7-13(19)9-14(15)20;1-10(24-16-7-4-12(18)8-14(16)19)17(23)22-15(9-21)11-2-5-13(20)6-3-11/h6-13,18H,3-5H2,1-2H3,(H,24,25);5-12,17H,3-4H2,1-2H3,(H,23,24);3-10,16H,1-2H3,(H,22,23);2-7,10-11H,8-9H2,1H3,(H,22,23);3-9,11,16H,1-2H3,(H,21,22)(H,23,24);2-8,10,15H,1H3,(H,22,23). The van der Waals surface area contributed by atoms with Gasteiger partial charge in [-0.1, -0.05) is 263 Å². The molecule has 0 aromatic heterocycles. The number of unbranched alkanes of at least 4 members (excludes halogenated alkanes) is 1. The van der Waals surface area contributed by atoms with Crippen molar-refractivity contribution in [2.75, 3.05) is 7.11 Å². The normalized spacial score (nSPS) is 13.5. The summed E-state index contributed by atoms with van der Waals surface area (Å²) in [5.41, 5.74) is 4.52. The van der Waals surface area contributed by atoms with E-state index in [-0.39, 0.29) is 73.8 Å². The Morgan fingerprint density at radius 2 is 0.600 bits per heavy atom. The molecule has 0 heterocycles. The molecule has 0 radical (unpaired) electrons. The minimum absolute atomic E-state index is 0.199. The molecule has 13 rings (SSSR count). The van der Waals surface area contributed by atoms with Gasteiger partial charge < -0.3 is 70.2 Å². The Morgan fingerprint density at radius 3 is 0.880 bits per heavy atom. The predicted molar refractivity (Wildman–Crippen MR) is 576 cm³/mol. The molecule has 12 aromatic carbocycles. The highest BCUT2D eigenvalue weighted by Gasteiger charge is 2.47. The first-order valence-corrected chi connectivity index (χ1v) is 50.8. The first kappa shape index (κ1) is 123. The molecule has 40 heteroatoms. The maximum Gasteiger partial charge on any atom is 0.333 e. The zero-order valence-corrected chi connectivity index (χ0v) is 91.1. The number of rotatable bonds is 37. The summed E-state index contributed by atoms with van der Waals surface area (Å²) in [6.45, 7) is 15.5. The van der Waals surface area contributed by atoms with E-state index in [4.69, 9.17) is 172 Å². The number of benzene rings is 12. The number of carboxylic acid groups (broad SMARTS) is 1. The smallest absolute Gasteiger partial charge is 0.333 e. The summed E-state index contributed by atoms with van der Waals surface area (Å²) in [6, 6.07) is 62.6. The molecule has 11 atom stereocenters. The lowest BCUT2D eigenvalue weighted by Crippen LogP contribution is -2.42. The van der Waals surface area contributed by atoms with Gasteiger partial charge in [-0.2, -0.15) is 5.26 Å². The topological polar surface area (TPSA) is 317 Å².